The number of benzene rings is 2. The maximum absolute atomic E-state index is 12.3. The molecule has 142 valence electrons. The number of hydrogen-bond donors (Lipinski definition) is 2. The first-order valence-electron chi connectivity index (χ1n) is 9.30. The Morgan fingerprint density at radius 1 is 0.926 bits per heavy atom. The molecule has 0 bridgehead atoms. The summed E-state index contributed by atoms with van der Waals surface area (Å²) in [5.74, 6) is -0.252. The molecule has 1 amide bonds. The molecule has 0 spiro atoms. The van der Waals surface area contributed by atoms with Crippen LogP contribution < -0.4 is 10.1 Å². The van der Waals surface area contributed by atoms with E-state index < -0.39 is 5.97 Å². The largest absolute Gasteiger partial charge is 0.497 e. The topological polar surface area (TPSA) is 75.6 Å². The van der Waals surface area contributed by atoms with Crippen molar-refractivity contribution in [3.05, 3.63) is 54.1 Å². The SMILES string of the molecule is COc1ccc(-c2ccc(CNC(=O)C3CCC(C(=O)O)CC3)cc2)cc1. The molecule has 2 aromatic carbocycles. The van der Waals surface area contributed by atoms with Crippen LogP contribution in [0.3, 0.4) is 0 Å². The van der Waals surface area contributed by atoms with Gasteiger partial charge < -0.3 is 15.2 Å². The van der Waals surface area contributed by atoms with Crippen molar-refractivity contribution in [1.82, 2.24) is 5.32 Å². The number of hydrogen-bond acceptors (Lipinski definition) is 3. The van der Waals surface area contributed by atoms with Crippen LogP contribution in [0.25, 0.3) is 11.1 Å². The minimum absolute atomic E-state index is 0.0260. The zero-order chi connectivity index (χ0) is 19.2. The van der Waals surface area contributed by atoms with Crippen LogP contribution in [0.5, 0.6) is 5.75 Å². The molecule has 27 heavy (non-hydrogen) atoms. The van der Waals surface area contributed by atoms with Crippen LogP contribution in [0.4, 0.5) is 0 Å². The summed E-state index contributed by atoms with van der Waals surface area (Å²) in [6, 6.07) is 16.0. The first kappa shape index (κ1) is 19.0. The van der Waals surface area contributed by atoms with Crippen molar-refractivity contribution in [2.45, 2.75) is 32.2 Å². The van der Waals surface area contributed by atoms with Crippen molar-refractivity contribution >= 4 is 11.9 Å². The van der Waals surface area contributed by atoms with Crippen molar-refractivity contribution in [2.24, 2.45) is 11.8 Å². The lowest BCUT2D eigenvalue weighted by molar-refractivity contribution is -0.144. The summed E-state index contributed by atoms with van der Waals surface area (Å²) < 4.78 is 5.18. The fourth-order valence-electron chi connectivity index (χ4n) is 3.53. The van der Waals surface area contributed by atoms with Gasteiger partial charge in [-0.1, -0.05) is 36.4 Å². The molecule has 0 aromatic heterocycles. The van der Waals surface area contributed by atoms with Crippen LogP contribution in [0.15, 0.2) is 48.5 Å². The van der Waals surface area contributed by atoms with Gasteiger partial charge in [-0.05, 0) is 54.5 Å². The molecule has 3 rings (SSSR count). The number of carboxylic acid groups (broad SMARTS) is 1. The lowest BCUT2D eigenvalue weighted by Crippen LogP contribution is -2.34. The van der Waals surface area contributed by atoms with E-state index in [1.54, 1.807) is 7.11 Å². The number of methoxy groups -OCH3 is 1. The molecule has 1 saturated carbocycles. The van der Waals surface area contributed by atoms with Gasteiger partial charge in [0.15, 0.2) is 0 Å². The van der Waals surface area contributed by atoms with Gasteiger partial charge >= 0.3 is 5.97 Å². The van der Waals surface area contributed by atoms with Gasteiger partial charge in [0.1, 0.15) is 5.75 Å². The minimum Gasteiger partial charge on any atom is -0.497 e. The van der Waals surface area contributed by atoms with E-state index in [4.69, 9.17) is 9.84 Å². The number of aliphatic carboxylic acids is 1. The molecule has 0 heterocycles. The lowest BCUT2D eigenvalue weighted by atomic mass is 9.81. The monoisotopic (exact) mass is 367 g/mol. The number of nitrogens with one attached hydrogen (secondary N) is 1. The van der Waals surface area contributed by atoms with Gasteiger partial charge in [0, 0.05) is 12.5 Å². The van der Waals surface area contributed by atoms with Crippen LogP contribution >= 0.6 is 0 Å². The quantitative estimate of drug-likeness (QED) is 0.813. The third kappa shape index (κ3) is 4.88. The number of carbonyl (C=O) groups is 2. The van der Waals surface area contributed by atoms with Gasteiger partial charge in [0.2, 0.25) is 5.91 Å². The Bertz CT molecular complexity index is 775. The average molecular weight is 367 g/mol. The zero-order valence-corrected chi connectivity index (χ0v) is 15.5. The van der Waals surface area contributed by atoms with Crippen molar-refractivity contribution in [3.63, 3.8) is 0 Å². The molecular weight excluding hydrogens is 342 g/mol. The number of ether oxygens (including phenoxy) is 1. The lowest BCUT2D eigenvalue weighted by Gasteiger charge is -2.25. The van der Waals surface area contributed by atoms with E-state index >= 15 is 0 Å². The number of rotatable bonds is 6. The molecular formula is C22H25NO4. The standard InChI is InChI=1S/C22H25NO4/c1-27-20-12-10-17(11-13-20)16-4-2-15(3-5-16)14-23-21(24)18-6-8-19(9-7-18)22(25)26/h2-5,10-13,18-19H,6-9,14H2,1H3,(H,23,24)(H,25,26). The van der Waals surface area contributed by atoms with E-state index in [0.29, 0.717) is 32.2 Å². The second kappa shape index (κ2) is 8.71. The Hall–Kier alpha value is -2.82. The highest BCUT2D eigenvalue weighted by molar-refractivity contribution is 5.79. The smallest absolute Gasteiger partial charge is 0.306 e. The summed E-state index contributed by atoms with van der Waals surface area (Å²) in [6.45, 7) is 0.487. The van der Waals surface area contributed by atoms with Crippen LogP contribution in [-0.4, -0.2) is 24.1 Å². The molecule has 1 aliphatic rings. The van der Waals surface area contributed by atoms with Gasteiger partial charge in [0.05, 0.1) is 13.0 Å². The Morgan fingerprint density at radius 3 is 1.96 bits per heavy atom. The van der Waals surface area contributed by atoms with E-state index in [2.05, 4.69) is 5.32 Å². The molecule has 2 aromatic rings. The third-order valence-corrected chi connectivity index (χ3v) is 5.29. The minimum atomic E-state index is -0.745. The van der Waals surface area contributed by atoms with E-state index in [-0.39, 0.29) is 17.7 Å². The highest BCUT2D eigenvalue weighted by atomic mass is 16.5. The number of carbonyl (C=O) groups excluding carboxylic acids is 1. The third-order valence-electron chi connectivity index (χ3n) is 5.29. The molecule has 1 fully saturated rings. The maximum atomic E-state index is 12.3. The van der Waals surface area contributed by atoms with E-state index in [1.807, 2.05) is 48.5 Å². The van der Waals surface area contributed by atoms with Crippen molar-refractivity contribution < 1.29 is 19.4 Å². The van der Waals surface area contributed by atoms with Gasteiger partial charge in [0.25, 0.3) is 0 Å². The van der Waals surface area contributed by atoms with Gasteiger partial charge in [-0.25, -0.2) is 0 Å². The molecule has 5 nitrogen and oxygen atoms in total. The molecule has 1 aliphatic carbocycles. The summed E-state index contributed by atoms with van der Waals surface area (Å²) >= 11 is 0. The molecule has 0 aliphatic heterocycles. The van der Waals surface area contributed by atoms with Crippen LogP contribution in [0, 0.1) is 11.8 Å². The average Bonchev–Trinajstić information content (AvgIpc) is 2.72. The van der Waals surface area contributed by atoms with E-state index in [9.17, 15) is 9.59 Å². The Kier molecular flexibility index (Phi) is 6.12. The molecule has 0 radical (unpaired) electrons. The fraction of sp³-hybridized carbons (Fsp3) is 0.364. The Morgan fingerprint density at radius 2 is 1.44 bits per heavy atom. The summed E-state index contributed by atoms with van der Waals surface area (Å²) in [7, 11) is 1.65. The molecule has 0 unspecified atom stereocenters. The van der Waals surface area contributed by atoms with Crippen LogP contribution in [0.2, 0.25) is 0 Å². The Labute approximate surface area is 159 Å². The summed E-state index contributed by atoms with van der Waals surface area (Å²) in [6.07, 6.45) is 2.48. The van der Waals surface area contributed by atoms with Crippen LogP contribution in [0.1, 0.15) is 31.2 Å². The normalized spacial score (nSPS) is 19.3. The molecule has 2 N–H and O–H groups in total. The van der Waals surface area contributed by atoms with Gasteiger partial charge in [-0.3, -0.25) is 9.59 Å². The highest BCUT2D eigenvalue weighted by Crippen LogP contribution is 2.29. The maximum Gasteiger partial charge on any atom is 0.306 e. The summed E-state index contributed by atoms with van der Waals surface area (Å²) in [4.78, 5) is 23.3. The zero-order valence-electron chi connectivity index (χ0n) is 15.5. The van der Waals surface area contributed by atoms with Gasteiger partial charge in [-0.15, -0.1) is 0 Å². The summed E-state index contributed by atoms with van der Waals surface area (Å²) in [5, 5.41) is 12.0. The number of amides is 1. The number of carboxylic acids is 1. The van der Waals surface area contributed by atoms with Crippen molar-refractivity contribution in [3.8, 4) is 16.9 Å². The van der Waals surface area contributed by atoms with Crippen LogP contribution in [-0.2, 0) is 16.1 Å². The first-order valence-corrected chi connectivity index (χ1v) is 9.30. The predicted octanol–water partition coefficient (Wildman–Crippen LogP) is 3.87. The summed E-state index contributed by atoms with van der Waals surface area (Å²) in [5.41, 5.74) is 3.26. The van der Waals surface area contributed by atoms with E-state index in [1.165, 1.54) is 0 Å². The molecule has 0 saturated heterocycles. The van der Waals surface area contributed by atoms with E-state index in [0.717, 1.165) is 22.4 Å². The first-order chi connectivity index (χ1) is 13.1. The van der Waals surface area contributed by atoms with Crippen molar-refractivity contribution in [2.75, 3.05) is 7.11 Å². The van der Waals surface area contributed by atoms with Crippen molar-refractivity contribution in [1.29, 1.82) is 0 Å². The second-order valence-corrected chi connectivity index (χ2v) is 7.03. The van der Waals surface area contributed by atoms with Gasteiger partial charge in [-0.2, -0.15) is 0 Å². The predicted molar refractivity (Wildman–Crippen MR) is 103 cm³/mol. The Balaban J connectivity index is 1.51. The fourth-order valence-corrected chi connectivity index (χ4v) is 3.53. The molecule has 5 heteroatoms. The second-order valence-electron chi connectivity index (χ2n) is 7.03. The molecule has 0 atom stereocenters. The highest BCUT2D eigenvalue weighted by Gasteiger charge is 2.29.